The van der Waals surface area contributed by atoms with E-state index in [1.54, 1.807) is 12.4 Å². The summed E-state index contributed by atoms with van der Waals surface area (Å²) in [6, 6.07) is 5.69. The molecule has 4 rings (SSSR count). The van der Waals surface area contributed by atoms with Gasteiger partial charge in [0.2, 0.25) is 12.7 Å². The molecule has 1 aromatic heterocycles. The minimum Gasteiger partial charge on any atom is -0.454 e. The average molecular weight is 354 g/mol. The Hall–Kier alpha value is -2.83. The van der Waals surface area contributed by atoms with Gasteiger partial charge in [0.15, 0.2) is 11.5 Å². The summed E-state index contributed by atoms with van der Waals surface area (Å²) in [5, 5.41) is 0. The Balaban J connectivity index is 1.39. The van der Waals surface area contributed by atoms with Crippen molar-refractivity contribution < 1.29 is 14.3 Å². The molecule has 2 aliphatic rings. The largest absolute Gasteiger partial charge is 0.454 e. The van der Waals surface area contributed by atoms with Crippen molar-refractivity contribution in [3.63, 3.8) is 0 Å². The normalized spacial score (nSPS) is 16.5. The summed E-state index contributed by atoms with van der Waals surface area (Å²) < 4.78 is 10.7. The van der Waals surface area contributed by atoms with E-state index in [0.29, 0.717) is 13.0 Å². The zero-order valence-electron chi connectivity index (χ0n) is 14.9. The molecule has 2 aliphatic heterocycles. The van der Waals surface area contributed by atoms with Crippen LogP contribution >= 0.6 is 0 Å². The summed E-state index contributed by atoms with van der Waals surface area (Å²) in [6.07, 6.45) is 4.72. The molecule has 136 valence electrons. The molecule has 2 aromatic rings. The van der Waals surface area contributed by atoms with Crippen molar-refractivity contribution in [2.75, 3.05) is 37.9 Å². The highest BCUT2D eigenvalue weighted by Gasteiger charge is 2.22. The summed E-state index contributed by atoms with van der Waals surface area (Å²) in [5.74, 6) is 2.51. The van der Waals surface area contributed by atoms with E-state index < -0.39 is 0 Å². The van der Waals surface area contributed by atoms with Crippen LogP contribution in [-0.2, 0) is 11.2 Å². The number of ether oxygens (including phenoxy) is 2. The van der Waals surface area contributed by atoms with E-state index in [1.165, 1.54) is 0 Å². The molecule has 1 saturated heterocycles. The number of rotatable bonds is 3. The van der Waals surface area contributed by atoms with Crippen molar-refractivity contribution in [1.29, 1.82) is 0 Å². The van der Waals surface area contributed by atoms with Crippen LogP contribution in [0.5, 0.6) is 11.5 Å². The molecule has 3 heterocycles. The van der Waals surface area contributed by atoms with E-state index >= 15 is 0 Å². The highest BCUT2D eigenvalue weighted by atomic mass is 16.7. The molecule has 1 amide bonds. The molecular formula is C19H22N4O3. The lowest BCUT2D eigenvalue weighted by Crippen LogP contribution is -2.36. The van der Waals surface area contributed by atoms with Crippen LogP contribution in [0.4, 0.5) is 5.82 Å². The molecular weight excluding hydrogens is 332 g/mol. The lowest BCUT2D eigenvalue weighted by atomic mass is 10.1. The number of carbonyl (C=O) groups excluding carboxylic acids is 1. The molecule has 7 heteroatoms. The first kappa shape index (κ1) is 16.6. The summed E-state index contributed by atoms with van der Waals surface area (Å²) in [7, 11) is 0. The summed E-state index contributed by atoms with van der Waals surface area (Å²) >= 11 is 0. The van der Waals surface area contributed by atoms with E-state index in [0.717, 1.165) is 54.6 Å². The molecule has 26 heavy (non-hydrogen) atoms. The number of hydrogen-bond donors (Lipinski definition) is 0. The standard InChI is InChI=1S/C19H22N4O3/c1-14-19(21-6-5-20-14)23-8-2-7-22(9-10-23)18(24)12-15-3-4-16-17(11-15)26-13-25-16/h3-6,11H,2,7-10,12-13H2,1H3. The van der Waals surface area contributed by atoms with E-state index in [2.05, 4.69) is 14.9 Å². The Morgan fingerprint density at radius 3 is 2.81 bits per heavy atom. The van der Waals surface area contributed by atoms with Crippen molar-refractivity contribution in [1.82, 2.24) is 14.9 Å². The van der Waals surface area contributed by atoms with Gasteiger partial charge in [0.05, 0.1) is 12.1 Å². The van der Waals surface area contributed by atoms with Crippen LogP contribution in [0.3, 0.4) is 0 Å². The maximum Gasteiger partial charge on any atom is 0.231 e. The van der Waals surface area contributed by atoms with E-state index in [-0.39, 0.29) is 12.7 Å². The quantitative estimate of drug-likeness (QED) is 0.837. The predicted molar refractivity (Wildman–Crippen MR) is 96.4 cm³/mol. The Morgan fingerprint density at radius 2 is 1.92 bits per heavy atom. The van der Waals surface area contributed by atoms with Crippen molar-refractivity contribution in [2.24, 2.45) is 0 Å². The monoisotopic (exact) mass is 354 g/mol. The molecule has 1 fully saturated rings. The number of hydrogen-bond acceptors (Lipinski definition) is 6. The summed E-state index contributed by atoms with van der Waals surface area (Å²) in [5.41, 5.74) is 1.87. The van der Waals surface area contributed by atoms with Gasteiger partial charge in [0.1, 0.15) is 5.82 Å². The summed E-state index contributed by atoms with van der Waals surface area (Å²) in [4.78, 5) is 25.7. The third kappa shape index (κ3) is 3.42. The summed E-state index contributed by atoms with van der Waals surface area (Å²) in [6.45, 7) is 5.32. The third-order valence-corrected chi connectivity index (χ3v) is 4.80. The highest BCUT2D eigenvalue weighted by molar-refractivity contribution is 5.79. The Labute approximate surface area is 152 Å². The molecule has 0 spiro atoms. The van der Waals surface area contributed by atoms with Crippen LogP contribution in [0.25, 0.3) is 0 Å². The van der Waals surface area contributed by atoms with Gasteiger partial charge in [-0.3, -0.25) is 9.78 Å². The number of carbonyl (C=O) groups is 1. The van der Waals surface area contributed by atoms with Crippen LogP contribution in [-0.4, -0.2) is 53.7 Å². The zero-order chi connectivity index (χ0) is 17.9. The Bertz CT molecular complexity index is 811. The van der Waals surface area contributed by atoms with Gasteiger partial charge in [-0.25, -0.2) is 4.98 Å². The van der Waals surface area contributed by atoms with Crippen LogP contribution in [0.2, 0.25) is 0 Å². The second kappa shape index (κ2) is 7.19. The van der Waals surface area contributed by atoms with Crippen molar-refractivity contribution in [3.8, 4) is 11.5 Å². The number of nitrogens with zero attached hydrogens (tertiary/aromatic N) is 4. The smallest absolute Gasteiger partial charge is 0.231 e. The fourth-order valence-corrected chi connectivity index (χ4v) is 3.43. The first-order chi connectivity index (χ1) is 12.7. The molecule has 0 radical (unpaired) electrons. The first-order valence-electron chi connectivity index (χ1n) is 8.89. The van der Waals surface area contributed by atoms with Crippen LogP contribution in [0, 0.1) is 6.92 Å². The lowest BCUT2D eigenvalue weighted by molar-refractivity contribution is -0.130. The highest BCUT2D eigenvalue weighted by Crippen LogP contribution is 2.32. The minimum absolute atomic E-state index is 0.140. The first-order valence-corrected chi connectivity index (χ1v) is 8.89. The Kier molecular flexibility index (Phi) is 4.60. The van der Waals surface area contributed by atoms with Gasteiger partial charge >= 0.3 is 0 Å². The zero-order valence-corrected chi connectivity index (χ0v) is 14.9. The number of benzene rings is 1. The van der Waals surface area contributed by atoms with Crippen LogP contribution in [0.1, 0.15) is 17.7 Å². The molecule has 0 unspecified atom stereocenters. The van der Waals surface area contributed by atoms with E-state index in [9.17, 15) is 4.79 Å². The van der Waals surface area contributed by atoms with Crippen LogP contribution in [0.15, 0.2) is 30.6 Å². The predicted octanol–water partition coefficient (Wildman–Crippen LogP) is 1.80. The molecule has 7 nitrogen and oxygen atoms in total. The molecule has 0 atom stereocenters. The van der Waals surface area contributed by atoms with Crippen molar-refractivity contribution in [3.05, 3.63) is 41.9 Å². The van der Waals surface area contributed by atoms with Gasteiger partial charge in [0.25, 0.3) is 0 Å². The fraction of sp³-hybridized carbons (Fsp3) is 0.421. The van der Waals surface area contributed by atoms with Gasteiger partial charge in [-0.2, -0.15) is 0 Å². The average Bonchev–Trinajstić information content (AvgIpc) is 2.97. The van der Waals surface area contributed by atoms with Gasteiger partial charge in [-0.05, 0) is 31.0 Å². The van der Waals surface area contributed by atoms with Gasteiger partial charge < -0.3 is 19.3 Å². The van der Waals surface area contributed by atoms with Gasteiger partial charge in [-0.15, -0.1) is 0 Å². The van der Waals surface area contributed by atoms with Crippen molar-refractivity contribution in [2.45, 2.75) is 19.8 Å². The topological polar surface area (TPSA) is 67.8 Å². The SMILES string of the molecule is Cc1nccnc1N1CCCN(C(=O)Cc2ccc3c(c2)OCO3)CC1. The number of aryl methyl sites for hydroxylation is 1. The maximum absolute atomic E-state index is 12.7. The number of fused-ring (bicyclic) bond motifs is 1. The minimum atomic E-state index is 0.140. The number of amides is 1. The van der Waals surface area contributed by atoms with E-state index in [4.69, 9.17) is 9.47 Å². The molecule has 1 aromatic carbocycles. The molecule has 0 saturated carbocycles. The number of anilines is 1. The molecule has 0 N–H and O–H groups in total. The third-order valence-electron chi connectivity index (χ3n) is 4.80. The second-order valence-corrected chi connectivity index (χ2v) is 6.55. The second-order valence-electron chi connectivity index (χ2n) is 6.55. The fourth-order valence-electron chi connectivity index (χ4n) is 3.43. The molecule has 0 bridgehead atoms. The maximum atomic E-state index is 12.7. The van der Waals surface area contributed by atoms with Crippen LogP contribution < -0.4 is 14.4 Å². The van der Waals surface area contributed by atoms with Gasteiger partial charge in [-0.1, -0.05) is 6.07 Å². The Morgan fingerprint density at radius 1 is 1.08 bits per heavy atom. The lowest BCUT2D eigenvalue weighted by Gasteiger charge is -2.23. The molecule has 0 aliphatic carbocycles. The van der Waals surface area contributed by atoms with E-state index in [1.807, 2.05) is 30.0 Å². The number of aromatic nitrogens is 2. The van der Waals surface area contributed by atoms with Gasteiger partial charge in [0, 0.05) is 38.6 Å². The van der Waals surface area contributed by atoms with Crippen molar-refractivity contribution >= 4 is 11.7 Å².